The van der Waals surface area contributed by atoms with E-state index in [-0.39, 0.29) is 5.69 Å². The lowest BCUT2D eigenvalue weighted by atomic mass is 10.1. The van der Waals surface area contributed by atoms with E-state index in [4.69, 9.17) is 12.2 Å². The van der Waals surface area contributed by atoms with E-state index in [2.05, 4.69) is 5.92 Å². The molecule has 4 heteroatoms. The minimum Gasteiger partial charge on any atom is -0.317 e. The predicted octanol–water partition coefficient (Wildman–Crippen LogP) is 1.10. The van der Waals surface area contributed by atoms with Crippen LogP contribution in [0.2, 0.25) is 0 Å². The molecule has 2 N–H and O–H groups in total. The maximum atomic E-state index is 10.6. The first-order valence-corrected chi connectivity index (χ1v) is 4.09. The highest BCUT2D eigenvalue weighted by Gasteiger charge is 2.13. The third kappa shape index (κ3) is 2.31. The molecule has 1 unspecified atom stereocenters. The molecule has 0 saturated carbocycles. The molecule has 0 heterocycles. The number of hydrogen-bond acceptors (Lipinski definition) is 3. The summed E-state index contributed by atoms with van der Waals surface area (Å²) in [6, 6.07) is 5.97. The maximum absolute atomic E-state index is 10.6. The zero-order valence-corrected chi connectivity index (χ0v) is 7.51. The van der Waals surface area contributed by atoms with Crippen molar-refractivity contribution in [3.63, 3.8) is 0 Å². The average Bonchev–Trinajstić information content (AvgIpc) is 2.18. The second-order valence-corrected chi connectivity index (χ2v) is 2.86. The smallest absolute Gasteiger partial charge is 0.272 e. The summed E-state index contributed by atoms with van der Waals surface area (Å²) in [5, 5.41) is 10.6. The second kappa shape index (κ2) is 4.40. The van der Waals surface area contributed by atoms with Crippen LogP contribution in [0.4, 0.5) is 5.69 Å². The molecule has 1 aromatic carbocycles. The van der Waals surface area contributed by atoms with Crippen LogP contribution in [0.15, 0.2) is 24.3 Å². The van der Waals surface area contributed by atoms with E-state index in [1.165, 1.54) is 6.07 Å². The Morgan fingerprint density at radius 2 is 2.21 bits per heavy atom. The van der Waals surface area contributed by atoms with Crippen molar-refractivity contribution in [1.82, 2.24) is 0 Å². The van der Waals surface area contributed by atoms with E-state index >= 15 is 0 Å². The first-order chi connectivity index (χ1) is 6.65. The van der Waals surface area contributed by atoms with Crippen molar-refractivity contribution in [1.29, 1.82) is 0 Å². The van der Waals surface area contributed by atoms with Gasteiger partial charge in [-0.15, -0.1) is 6.42 Å². The normalized spacial score (nSPS) is 11.7. The van der Waals surface area contributed by atoms with Gasteiger partial charge >= 0.3 is 0 Å². The standard InChI is InChI=1S/C10H10N2O2/c1-2-9(11)7-8-5-3-4-6-10(8)12(13)14/h1,3-6,9H,7,11H2. The Labute approximate surface area is 81.9 Å². The van der Waals surface area contributed by atoms with Gasteiger partial charge in [-0.1, -0.05) is 24.1 Å². The van der Waals surface area contributed by atoms with E-state index in [0.717, 1.165) is 0 Å². The van der Waals surface area contributed by atoms with Crippen molar-refractivity contribution in [2.75, 3.05) is 0 Å². The molecule has 14 heavy (non-hydrogen) atoms. The first kappa shape index (κ1) is 10.2. The summed E-state index contributed by atoms with van der Waals surface area (Å²) in [5.41, 5.74) is 6.16. The predicted molar refractivity (Wildman–Crippen MR) is 53.6 cm³/mol. The molecule has 0 aliphatic rings. The van der Waals surface area contributed by atoms with Gasteiger partial charge in [0, 0.05) is 18.1 Å². The maximum Gasteiger partial charge on any atom is 0.272 e. The highest BCUT2D eigenvalue weighted by Crippen LogP contribution is 2.18. The number of nitro groups is 1. The molecule has 4 nitrogen and oxygen atoms in total. The summed E-state index contributed by atoms with van der Waals surface area (Å²) in [4.78, 5) is 10.2. The Morgan fingerprint density at radius 3 is 2.79 bits per heavy atom. The topological polar surface area (TPSA) is 69.2 Å². The lowest BCUT2D eigenvalue weighted by molar-refractivity contribution is -0.385. The fourth-order valence-corrected chi connectivity index (χ4v) is 1.16. The molecule has 1 rings (SSSR count). The molecule has 0 saturated heterocycles. The molecule has 0 aromatic heterocycles. The molecule has 0 fully saturated rings. The molecule has 0 radical (unpaired) electrons. The lowest BCUT2D eigenvalue weighted by Gasteiger charge is -2.04. The number of para-hydroxylation sites is 1. The van der Waals surface area contributed by atoms with E-state index < -0.39 is 11.0 Å². The Kier molecular flexibility index (Phi) is 3.21. The van der Waals surface area contributed by atoms with Crippen LogP contribution < -0.4 is 5.73 Å². The summed E-state index contributed by atoms with van der Waals surface area (Å²) in [6.45, 7) is 0. The highest BCUT2D eigenvalue weighted by atomic mass is 16.6. The number of nitro benzene ring substituents is 1. The molecule has 0 amide bonds. The fraction of sp³-hybridized carbons (Fsp3) is 0.200. The Bertz CT molecular complexity index is 382. The van der Waals surface area contributed by atoms with Gasteiger partial charge in [0.15, 0.2) is 0 Å². The fourth-order valence-electron chi connectivity index (χ4n) is 1.16. The SMILES string of the molecule is C#CC(N)Cc1ccccc1[N+](=O)[O-]. The monoisotopic (exact) mass is 190 g/mol. The van der Waals surface area contributed by atoms with Crippen molar-refractivity contribution in [2.45, 2.75) is 12.5 Å². The van der Waals surface area contributed by atoms with Gasteiger partial charge in [-0.3, -0.25) is 10.1 Å². The number of hydrogen-bond donors (Lipinski definition) is 1. The van der Waals surface area contributed by atoms with Gasteiger partial charge in [0.25, 0.3) is 5.69 Å². The molecule has 0 spiro atoms. The van der Waals surface area contributed by atoms with E-state index in [0.29, 0.717) is 12.0 Å². The van der Waals surface area contributed by atoms with Crippen LogP contribution in [0.5, 0.6) is 0 Å². The van der Waals surface area contributed by atoms with E-state index in [1.54, 1.807) is 18.2 Å². The minimum atomic E-state index is -0.476. The lowest BCUT2D eigenvalue weighted by Crippen LogP contribution is -2.20. The third-order valence-electron chi connectivity index (χ3n) is 1.84. The van der Waals surface area contributed by atoms with Crippen molar-refractivity contribution in [3.05, 3.63) is 39.9 Å². The van der Waals surface area contributed by atoms with Crippen LogP contribution in [-0.2, 0) is 6.42 Å². The van der Waals surface area contributed by atoms with Crippen LogP contribution in [-0.4, -0.2) is 11.0 Å². The van der Waals surface area contributed by atoms with Crippen molar-refractivity contribution >= 4 is 5.69 Å². The summed E-state index contributed by atoms with van der Waals surface area (Å²) in [5.74, 6) is 2.33. The van der Waals surface area contributed by atoms with Gasteiger partial charge in [-0.2, -0.15) is 0 Å². The van der Waals surface area contributed by atoms with Crippen molar-refractivity contribution in [3.8, 4) is 12.3 Å². The van der Waals surface area contributed by atoms with E-state index in [9.17, 15) is 10.1 Å². The third-order valence-corrected chi connectivity index (χ3v) is 1.84. The number of terminal acetylenes is 1. The molecule has 1 aromatic rings. The number of benzene rings is 1. The number of nitrogens with zero attached hydrogens (tertiary/aromatic N) is 1. The molecule has 0 aliphatic heterocycles. The van der Waals surface area contributed by atoms with Crippen LogP contribution in [0.1, 0.15) is 5.56 Å². The van der Waals surface area contributed by atoms with E-state index in [1.807, 2.05) is 0 Å². The molecular weight excluding hydrogens is 180 g/mol. The zero-order chi connectivity index (χ0) is 10.6. The summed E-state index contributed by atoms with van der Waals surface area (Å²) in [6.07, 6.45) is 5.43. The molecule has 1 atom stereocenters. The largest absolute Gasteiger partial charge is 0.317 e. The van der Waals surface area contributed by atoms with Gasteiger partial charge in [0.1, 0.15) is 0 Å². The van der Waals surface area contributed by atoms with Crippen LogP contribution in [0.25, 0.3) is 0 Å². The summed E-state index contributed by atoms with van der Waals surface area (Å²) in [7, 11) is 0. The minimum absolute atomic E-state index is 0.0678. The van der Waals surface area contributed by atoms with Crippen molar-refractivity contribution < 1.29 is 4.92 Å². The Morgan fingerprint density at radius 1 is 1.57 bits per heavy atom. The van der Waals surface area contributed by atoms with Gasteiger partial charge in [-0.05, 0) is 0 Å². The van der Waals surface area contributed by atoms with Gasteiger partial charge in [-0.25, -0.2) is 0 Å². The van der Waals surface area contributed by atoms with Crippen LogP contribution in [0, 0.1) is 22.5 Å². The molecule has 72 valence electrons. The highest BCUT2D eigenvalue weighted by molar-refractivity contribution is 5.40. The average molecular weight is 190 g/mol. The van der Waals surface area contributed by atoms with Crippen LogP contribution >= 0.6 is 0 Å². The summed E-state index contributed by atoms with van der Waals surface area (Å²) >= 11 is 0. The number of nitrogens with two attached hydrogens (primary N) is 1. The zero-order valence-electron chi connectivity index (χ0n) is 7.51. The van der Waals surface area contributed by atoms with Crippen LogP contribution in [0.3, 0.4) is 0 Å². The van der Waals surface area contributed by atoms with Gasteiger partial charge in [0.05, 0.1) is 11.0 Å². The van der Waals surface area contributed by atoms with Crippen molar-refractivity contribution in [2.24, 2.45) is 5.73 Å². The number of rotatable bonds is 3. The quantitative estimate of drug-likeness (QED) is 0.440. The Hall–Kier alpha value is -1.86. The Balaban J connectivity index is 2.97. The molecule has 0 aliphatic carbocycles. The van der Waals surface area contributed by atoms with Gasteiger partial charge in [0.2, 0.25) is 0 Å². The second-order valence-electron chi connectivity index (χ2n) is 2.86. The molecule has 0 bridgehead atoms. The van der Waals surface area contributed by atoms with Gasteiger partial charge < -0.3 is 5.73 Å². The first-order valence-electron chi connectivity index (χ1n) is 4.09. The molecular formula is C10H10N2O2. The summed E-state index contributed by atoms with van der Waals surface area (Å²) < 4.78 is 0.